The van der Waals surface area contributed by atoms with Crippen LogP contribution in [-0.2, 0) is 17.9 Å². The van der Waals surface area contributed by atoms with Crippen LogP contribution in [0.2, 0.25) is 0 Å². The van der Waals surface area contributed by atoms with E-state index in [1.54, 1.807) is 6.20 Å². The molecule has 1 aromatic carbocycles. The number of carbonyl (C=O) groups excluding carboxylic acids is 1. The molecule has 0 unspecified atom stereocenters. The molecule has 0 fully saturated rings. The fourth-order valence-electron chi connectivity index (χ4n) is 2.76. The molecule has 3 aromatic rings. The van der Waals surface area contributed by atoms with Gasteiger partial charge in [-0.05, 0) is 36.2 Å². The number of carbonyl (C=O) groups is 1. The molecule has 0 aliphatic rings. The van der Waals surface area contributed by atoms with E-state index < -0.39 is 0 Å². The molecule has 0 bridgehead atoms. The Morgan fingerprint density at radius 1 is 1.20 bits per heavy atom. The number of pyridine rings is 1. The summed E-state index contributed by atoms with van der Waals surface area (Å²) in [7, 11) is 0. The van der Waals surface area contributed by atoms with Gasteiger partial charge >= 0.3 is 0 Å². The van der Waals surface area contributed by atoms with Gasteiger partial charge in [-0.1, -0.05) is 26.0 Å². The van der Waals surface area contributed by atoms with Crippen LogP contribution in [0.5, 0.6) is 5.75 Å². The van der Waals surface area contributed by atoms with E-state index in [2.05, 4.69) is 41.0 Å². The van der Waals surface area contributed by atoms with Crippen molar-refractivity contribution in [3.8, 4) is 5.75 Å². The highest BCUT2D eigenvalue weighted by Gasteiger charge is 2.09. The number of amides is 1. The summed E-state index contributed by atoms with van der Waals surface area (Å²) in [5.41, 5.74) is 1.95. The molecular weight excluding hydrogens is 314 g/mol. The zero-order valence-corrected chi connectivity index (χ0v) is 14.6. The summed E-state index contributed by atoms with van der Waals surface area (Å²) < 4.78 is 7.96. The third-order valence-electron chi connectivity index (χ3n) is 3.89. The highest BCUT2D eigenvalue weighted by molar-refractivity contribution is 5.87. The van der Waals surface area contributed by atoms with Gasteiger partial charge in [0.15, 0.2) is 6.61 Å². The van der Waals surface area contributed by atoms with Crippen molar-refractivity contribution in [3.05, 3.63) is 60.6 Å². The van der Waals surface area contributed by atoms with E-state index in [-0.39, 0.29) is 12.5 Å². The lowest BCUT2D eigenvalue weighted by molar-refractivity contribution is -0.123. The molecule has 25 heavy (non-hydrogen) atoms. The third-order valence-corrected chi connectivity index (χ3v) is 3.89. The highest BCUT2D eigenvalue weighted by atomic mass is 16.5. The minimum absolute atomic E-state index is 0.0126. The van der Waals surface area contributed by atoms with Crippen LogP contribution in [-0.4, -0.2) is 22.1 Å². The smallest absolute Gasteiger partial charge is 0.258 e. The van der Waals surface area contributed by atoms with E-state index in [0.717, 1.165) is 28.9 Å². The van der Waals surface area contributed by atoms with Gasteiger partial charge in [0.2, 0.25) is 0 Å². The Morgan fingerprint density at radius 3 is 2.84 bits per heavy atom. The second kappa shape index (κ2) is 7.83. The summed E-state index contributed by atoms with van der Waals surface area (Å²) in [4.78, 5) is 16.2. The molecule has 130 valence electrons. The summed E-state index contributed by atoms with van der Waals surface area (Å²) in [5, 5.41) is 3.85. The number of ether oxygens (including phenoxy) is 1. The summed E-state index contributed by atoms with van der Waals surface area (Å²) in [5.74, 6) is 1.13. The van der Waals surface area contributed by atoms with Crippen molar-refractivity contribution in [1.82, 2.24) is 14.9 Å². The van der Waals surface area contributed by atoms with Gasteiger partial charge in [-0.15, -0.1) is 0 Å². The van der Waals surface area contributed by atoms with Gasteiger partial charge < -0.3 is 14.6 Å². The van der Waals surface area contributed by atoms with Gasteiger partial charge in [0.1, 0.15) is 5.75 Å². The molecule has 5 heteroatoms. The topological polar surface area (TPSA) is 56.1 Å². The third kappa shape index (κ3) is 4.38. The van der Waals surface area contributed by atoms with Crippen LogP contribution in [0.15, 0.2) is 54.9 Å². The van der Waals surface area contributed by atoms with Crippen LogP contribution in [0.3, 0.4) is 0 Å². The van der Waals surface area contributed by atoms with Crippen molar-refractivity contribution in [2.75, 3.05) is 6.61 Å². The maximum absolute atomic E-state index is 12.0. The minimum atomic E-state index is -0.163. The van der Waals surface area contributed by atoms with Crippen LogP contribution < -0.4 is 10.1 Å². The zero-order valence-electron chi connectivity index (χ0n) is 14.6. The number of hydrogen-bond acceptors (Lipinski definition) is 3. The fraction of sp³-hybridized carbons (Fsp3) is 0.300. The van der Waals surface area contributed by atoms with Crippen molar-refractivity contribution in [2.24, 2.45) is 5.92 Å². The molecule has 0 saturated carbocycles. The lowest BCUT2D eigenvalue weighted by Crippen LogP contribution is -2.28. The standard InChI is InChI=1S/C20H23N3O2/c1-15(2)13-23-11-9-17-18(23)7-5-8-19(17)25-14-20(24)22-12-16-6-3-4-10-21-16/h3-11,15H,12-14H2,1-2H3,(H,22,24). The van der Waals surface area contributed by atoms with Crippen molar-refractivity contribution >= 4 is 16.8 Å². The molecule has 2 aromatic heterocycles. The zero-order chi connectivity index (χ0) is 17.6. The molecule has 5 nitrogen and oxygen atoms in total. The normalized spacial score (nSPS) is 11.0. The number of aromatic nitrogens is 2. The number of fused-ring (bicyclic) bond motifs is 1. The van der Waals surface area contributed by atoms with E-state index in [4.69, 9.17) is 4.74 Å². The molecular formula is C20H23N3O2. The quantitative estimate of drug-likeness (QED) is 0.719. The molecule has 0 saturated heterocycles. The fourth-order valence-corrected chi connectivity index (χ4v) is 2.76. The summed E-state index contributed by atoms with van der Waals surface area (Å²) in [6.07, 6.45) is 3.78. The van der Waals surface area contributed by atoms with Crippen molar-refractivity contribution in [3.63, 3.8) is 0 Å². The minimum Gasteiger partial charge on any atom is -0.483 e. The van der Waals surface area contributed by atoms with E-state index in [1.807, 2.05) is 36.4 Å². The monoisotopic (exact) mass is 337 g/mol. The molecule has 0 aliphatic heterocycles. The highest BCUT2D eigenvalue weighted by Crippen LogP contribution is 2.27. The maximum Gasteiger partial charge on any atom is 0.258 e. The predicted octanol–water partition coefficient (Wildman–Crippen LogP) is 3.39. The average molecular weight is 337 g/mol. The Bertz CT molecular complexity index is 841. The summed E-state index contributed by atoms with van der Waals surface area (Å²) in [6.45, 7) is 5.73. The Balaban J connectivity index is 1.61. The van der Waals surface area contributed by atoms with Gasteiger partial charge in [-0.3, -0.25) is 9.78 Å². The summed E-state index contributed by atoms with van der Waals surface area (Å²) in [6, 6.07) is 13.6. The van der Waals surface area contributed by atoms with Gasteiger partial charge in [0, 0.05) is 24.3 Å². The van der Waals surface area contributed by atoms with Crippen molar-refractivity contribution in [1.29, 1.82) is 0 Å². The molecule has 0 atom stereocenters. The molecule has 0 radical (unpaired) electrons. The first-order chi connectivity index (χ1) is 12.1. The molecule has 0 aliphatic carbocycles. The van der Waals surface area contributed by atoms with Crippen molar-refractivity contribution in [2.45, 2.75) is 26.9 Å². The molecule has 3 rings (SSSR count). The number of nitrogens with one attached hydrogen (secondary N) is 1. The van der Waals surface area contributed by atoms with Gasteiger partial charge in [0.05, 0.1) is 17.8 Å². The average Bonchev–Trinajstić information content (AvgIpc) is 3.02. The lowest BCUT2D eigenvalue weighted by atomic mass is 10.2. The van der Waals surface area contributed by atoms with E-state index >= 15 is 0 Å². The Morgan fingerprint density at radius 2 is 2.08 bits per heavy atom. The maximum atomic E-state index is 12.0. The largest absolute Gasteiger partial charge is 0.483 e. The van der Waals surface area contributed by atoms with Crippen molar-refractivity contribution < 1.29 is 9.53 Å². The van der Waals surface area contributed by atoms with Gasteiger partial charge in [-0.25, -0.2) is 0 Å². The molecule has 0 spiro atoms. The number of hydrogen-bond donors (Lipinski definition) is 1. The van der Waals surface area contributed by atoms with Crippen LogP contribution in [0.25, 0.3) is 10.9 Å². The Labute approximate surface area is 147 Å². The van der Waals surface area contributed by atoms with Crippen LogP contribution >= 0.6 is 0 Å². The Hall–Kier alpha value is -2.82. The number of nitrogens with zero attached hydrogens (tertiary/aromatic N) is 2. The van der Waals surface area contributed by atoms with Gasteiger partial charge in [-0.2, -0.15) is 0 Å². The van der Waals surface area contributed by atoms with E-state index in [0.29, 0.717) is 12.5 Å². The molecule has 2 heterocycles. The Kier molecular flexibility index (Phi) is 5.33. The van der Waals surface area contributed by atoms with Crippen LogP contribution in [0.4, 0.5) is 0 Å². The van der Waals surface area contributed by atoms with Crippen LogP contribution in [0.1, 0.15) is 19.5 Å². The second-order valence-corrected chi connectivity index (χ2v) is 6.44. The first-order valence-electron chi connectivity index (χ1n) is 8.51. The summed E-state index contributed by atoms with van der Waals surface area (Å²) >= 11 is 0. The van der Waals surface area contributed by atoms with E-state index in [9.17, 15) is 4.79 Å². The number of rotatable bonds is 7. The number of benzene rings is 1. The lowest BCUT2D eigenvalue weighted by Gasteiger charge is -2.10. The molecule has 1 N–H and O–H groups in total. The first kappa shape index (κ1) is 17.0. The first-order valence-corrected chi connectivity index (χ1v) is 8.51. The van der Waals surface area contributed by atoms with Gasteiger partial charge in [0.25, 0.3) is 5.91 Å². The second-order valence-electron chi connectivity index (χ2n) is 6.44. The molecule has 1 amide bonds. The predicted molar refractivity (Wildman–Crippen MR) is 98.4 cm³/mol. The SMILES string of the molecule is CC(C)Cn1ccc2c(OCC(=O)NCc3ccccn3)cccc21. The van der Waals surface area contributed by atoms with E-state index in [1.165, 1.54) is 0 Å². The van der Waals surface area contributed by atoms with Crippen LogP contribution in [0, 0.1) is 5.92 Å².